The minimum Gasteiger partial charge on any atom is -0.492 e. The highest BCUT2D eigenvalue weighted by molar-refractivity contribution is 6.23. The average molecular weight is 449 g/mol. The smallest absolute Gasteiger partial charge is 0.227 e. The van der Waals surface area contributed by atoms with Crippen LogP contribution in [0.15, 0.2) is 22.7 Å². The molecular weight excluding hydrogens is 400 g/mol. The Hall–Kier alpha value is -1.58. The highest BCUT2D eigenvalue weighted by Gasteiger charge is 2.33. The summed E-state index contributed by atoms with van der Waals surface area (Å²) in [7, 11) is 2.90. The molecule has 4 heteroatoms. The van der Waals surface area contributed by atoms with Crippen LogP contribution in [0.2, 0.25) is 0 Å². The molecule has 4 nitrogen and oxygen atoms in total. The van der Waals surface area contributed by atoms with Gasteiger partial charge in [0, 0.05) is 11.1 Å². The summed E-state index contributed by atoms with van der Waals surface area (Å²) in [5.41, 5.74) is 0.807. The number of rotatable bonds is 20. The number of ketones is 2. The van der Waals surface area contributed by atoms with Crippen molar-refractivity contribution in [1.29, 1.82) is 0 Å². The summed E-state index contributed by atoms with van der Waals surface area (Å²) in [6.07, 6.45) is 23.0. The summed E-state index contributed by atoms with van der Waals surface area (Å²) in [5, 5.41) is 0. The van der Waals surface area contributed by atoms with Gasteiger partial charge in [-0.3, -0.25) is 9.59 Å². The molecule has 0 radical (unpaired) electrons. The molecule has 0 saturated carbocycles. The van der Waals surface area contributed by atoms with E-state index >= 15 is 0 Å². The molecule has 0 amide bonds. The van der Waals surface area contributed by atoms with Crippen LogP contribution in [0.3, 0.4) is 0 Å². The van der Waals surface area contributed by atoms with Crippen LogP contribution < -0.4 is 0 Å². The number of carbonyl (C=O) groups excluding carboxylic acids is 2. The van der Waals surface area contributed by atoms with Crippen molar-refractivity contribution in [3.8, 4) is 0 Å². The van der Waals surface area contributed by atoms with Crippen LogP contribution in [0.25, 0.3) is 0 Å². The molecule has 1 rings (SSSR count). The minimum absolute atomic E-state index is 0.165. The molecule has 0 N–H and O–H groups in total. The Bertz CT molecular complexity index is 615. The van der Waals surface area contributed by atoms with E-state index in [2.05, 4.69) is 6.92 Å². The van der Waals surface area contributed by atoms with Gasteiger partial charge >= 0.3 is 0 Å². The number of hydrogen-bond acceptors (Lipinski definition) is 4. The third kappa shape index (κ3) is 10.4. The van der Waals surface area contributed by atoms with Gasteiger partial charge in [0.15, 0.2) is 11.5 Å². The molecular formula is C28H48O4. The first-order chi connectivity index (χ1) is 15.6. The highest BCUT2D eigenvalue weighted by Crippen LogP contribution is 2.29. The molecule has 0 aliphatic heterocycles. The lowest BCUT2D eigenvalue weighted by molar-refractivity contribution is -0.120. The van der Waals surface area contributed by atoms with Crippen LogP contribution >= 0.6 is 0 Å². The molecule has 0 atom stereocenters. The molecule has 0 aromatic rings. The lowest BCUT2D eigenvalue weighted by Crippen LogP contribution is -2.25. The molecule has 0 aromatic carbocycles. The van der Waals surface area contributed by atoms with Gasteiger partial charge < -0.3 is 9.47 Å². The summed E-state index contributed by atoms with van der Waals surface area (Å²) >= 11 is 0. The van der Waals surface area contributed by atoms with Crippen molar-refractivity contribution in [1.82, 2.24) is 0 Å². The minimum atomic E-state index is -0.231. The standard InChI is InChI=1S/C28H48O4/c1-5-6-7-8-9-10-11-12-13-14-15-16-17-18-19-20-21-22-24-26(30)27(31-3)23(2)25(29)28(24)32-4/h5-22H2,1-4H3. The number of allylic oxidation sites excluding steroid dienone is 2. The lowest BCUT2D eigenvalue weighted by atomic mass is 9.90. The molecule has 1 aliphatic carbocycles. The summed E-state index contributed by atoms with van der Waals surface area (Å²) < 4.78 is 10.4. The summed E-state index contributed by atoms with van der Waals surface area (Å²) in [5.74, 6) is -0.0635. The fraction of sp³-hybridized carbons (Fsp3) is 0.786. The molecule has 0 saturated heterocycles. The van der Waals surface area contributed by atoms with Crippen LogP contribution in [-0.2, 0) is 19.1 Å². The largest absolute Gasteiger partial charge is 0.492 e. The molecule has 0 fully saturated rings. The van der Waals surface area contributed by atoms with Gasteiger partial charge in [0.2, 0.25) is 11.6 Å². The van der Waals surface area contributed by atoms with E-state index < -0.39 is 0 Å². The molecule has 0 bridgehead atoms. The van der Waals surface area contributed by atoms with E-state index in [1.807, 2.05) is 0 Å². The van der Waals surface area contributed by atoms with Crippen LogP contribution in [0, 0.1) is 0 Å². The fourth-order valence-corrected chi connectivity index (χ4v) is 4.54. The van der Waals surface area contributed by atoms with E-state index in [9.17, 15) is 9.59 Å². The monoisotopic (exact) mass is 448 g/mol. The topological polar surface area (TPSA) is 52.6 Å². The second-order valence-corrected chi connectivity index (χ2v) is 9.24. The van der Waals surface area contributed by atoms with Gasteiger partial charge in [0.1, 0.15) is 0 Å². The Morgan fingerprint density at radius 3 is 1.28 bits per heavy atom. The zero-order valence-corrected chi connectivity index (χ0v) is 21.4. The van der Waals surface area contributed by atoms with Crippen molar-refractivity contribution in [2.75, 3.05) is 14.2 Å². The summed E-state index contributed by atoms with van der Waals surface area (Å²) in [6.45, 7) is 3.89. The fourth-order valence-electron chi connectivity index (χ4n) is 4.54. The van der Waals surface area contributed by atoms with Gasteiger partial charge in [-0.2, -0.15) is 0 Å². The number of methoxy groups -OCH3 is 2. The van der Waals surface area contributed by atoms with Crippen LogP contribution in [0.5, 0.6) is 0 Å². The summed E-state index contributed by atoms with van der Waals surface area (Å²) in [6, 6.07) is 0. The van der Waals surface area contributed by atoms with Gasteiger partial charge in [-0.25, -0.2) is 0 Å². The van der Waals surface area contributed by atoms with E-state index in [-0.39, 0.29) is 23.1 Å². The van der Waals surface area contributed by atoms with E-state index in [0.29, 0.717) is 17.6 Å². The number of unbranched alkanes of at least 4 members (excludes halogenated alkanes) is 16. The normalized spacial score (nSPS) is 14.5. The number of carbonyl (C=O) groups is 2. The Morgan fingerprint density at radius 1 is 0.531 bits per heavy atom. The van der Waals surface area contributed by atoms with E-state index in [1.54, 1.807) is 6.92 Å². The maximum absolute atomic E-state index is 12.6. The number of Topliss-reactive ketones (excluding diaryl/α,β-unsaturated/α-hetero) is 2. The van der Waals surface area contributed by atoms with Crippen molar-refractivity contribution < 1.29 is 19.1 Å². The van der Waals surface area contributed by atoms with Crippen LogP contribution in [0.1, 0.15) is 129 Å². The number of ether oxygens (including phenoxy) is 2. The average Bonchev–Trinajstić information content (AvgIpc) is 2.79. The third-order valence-electron chi connectivity index (χ3n) is 6.58. The predicted octanol–water partition coefficient (Wildman–Crippen LogP) is 8.00. The number of hydrogen-bond donors (Lipinski definition) is 0. The predicted molar refractivity (Wildman–Crippen MR) is 133 cm³/mol. The molecule has 1 aliphatic rings. The quantitative estimate of drug-likeness (QED) is 0.140. The second kappa shape index (κ2) is 17.9. The molecule has 0 unspecified atom stereocenters. The van der Waals surface area contributed by atoms with Crippen molar-refractivity contribution in [2.24, 2.45) is 0 Å². The Kier molecular flexibility index (Phi) is 15.9. The maximum atomic E-state index is 12.6. The molecule has 0 spiro atoms. The third-order valence-corrected chi connectivity index (χ3v) is 6.58. The van der Waals surface area contributed by atoms with Gasteiger partial charge in [0.25, 0.3) is 0 Å². The first-order valence-electron chi connectivity index (χ1n) is 13.2. The van der Waals surface area contributed by atoms with Gasteiger partial charge in [-0.15, -0.1) is 0 Å². The molecule has 0 heterocycles. The Balaban J connectivity index is 2.03. The molecule has 184 valence electrons. The van der Waals surface area contributed by atoms with Gasteiger partial charge in [-0.05, 0) is 19.8 Å². The van der Waals surface area contributed by atoms with Crippen molar-refractivity contribution in [2.45, 2.75) is 129 Å². The van der Waals surface area contributed by atoms with Gasteiger partial charge in [-0.1, -0.05) is 110 Å². The second-order valence-electron chi connectivity index (χ2n) is 9.24. The Morgan fingerprint density at radius 2 is 0.906 bits per heavy atom. The van der Waals surface area contributed by atoms with E-state index in [1.165, 1.54) is 111 Å². The van der Waals surface area contributed by atoms with Crippen LogP contribution in [-0.4, -0.2) is 25.8 Å². The lowest BCUT2D eigenvalue weighted by Gasteiger charge is -2.20. The SMILES string of the molecule is CCCCCCCCCCCCCCCCCCCC1=C(OC)C(=O)C(C)=C(OC)C1=O. The van der Waals surface area contributed by atoms with Crippen molar-refractivity contribution in [3.63, 3.8) is 0 Å². The van der Waals surface area contributed by atoms with E-state index in [4.69, 9.17) is 9.47 Å². The van der Waals surface area contributed by atoms with Gasteiger partial charge in [0.05, 0.1) is 14.2 Å². The van der Waals surface area contributed by atoms with Crippen molar-refractivity contribution >= 4 is 11.6 Å². The first-order valence-corrected chi connectivity index (χ1v) is 13.2. The maximum Gasteiger partial charge on any atom is 0.227 e. The van der Waals surface area contributed by atoms with E-state index in [0.717, 1.165) is 12.8 Å². The molecule has 32 heavy (non-hydrogen) atoms. The Labute approximate surface area is 197 Å². The highest BCUT2D eigenvalue weighted by atomic mass is 16.5. The first kappa shape index (κ1) is 28.5. The summed E-state index contributed by atoms with van der Waals surface area (Å²) in [4.78, 5) is 25.0. The molecule has 0 aromatic heterocycles. The zero-order valence-electron chi connectivity index (χ0n) is 21.4. The van der Waals surface area contributed by atoms with Crippen molar-refractivity contribution in [3.05, 3.63) is 22.7 Å². The van der Waals surface area contributed by atoms with Crippen LogP contribution in [0.4, 0.5) is 0 Å². The zero-order chi connectivity index (χ0) is 23.6.